The zero-order chi connectivity index (χ0) is 20.2. The minimum absolute atomic E-state index is 0.136. The summed E-state index contributed by atoms with van der Waals surface area (Å²) in [5, 5.41) is 5.94. The lowest BCUT2D eigenvalue weighted by Crippen LogP contribution is -2.41. The third kappa shape index (κ3) is 4.95. The van der Waals surface area contributed by atoms with Crippen LogP contribution in [-0.2, 0) is 6.54 Å². The fraction of sp³-hybridized carbons (Fsp3) is 0.391. The van der Waals surface area contributed by atoms with Gasteiger partial charge in [0.2, 0.25) is 0 Å². The summed E-state index contributed by atoms with van der Waals surface area (Å²) in [4.78, 5) is 19.2. The van der Waals surface area contributed by atoms with Crippen molar-refractivity contribution in [1.29, 1.82) is 0 Å². The van der Waals surface area contributed by atoms with E-state index in [4.69, 9.17) is 0 Å². The second kappa shape index (κ2) is 8.66. The fourth-order valence-corrected chi connectivity index (χ4v) is 3.99. The summed E-state index contributed by atoms with van der Waals surface area (Å²) in [6, 6.07) is 11.9. The number of carbonyl (C=O) groups is 1. The Bertz CT molecular complexity index is 979. The summed E-state index contributed by atoms with van der Waals surface area (Å²) in [6.45, 7) is 7.80. The summed E-state index contributed by atoms with van der Waals surface area (Å²) in [6.07, 6.45) is 6.43. The third-order valence-corrected chi connectivity index (χ3v) is 5.58. The smallest absolute Gasteiger partial charge is 0.319 e. The van der Waals surface area contributed by atoms with Crippen molar-refractivity contribution in [2.75, 3.05) is 25.0 Å². The molecule has 0 spiro atoms. The topological polar surface area (TPSA) is 61.7 Å². The van der Waals surface area contributed by atoms with Crippen molar-refractivity contribution in [1.82, 2.24) is 19.6 Å². The van der Waals surface area contributed by atoms with Gasteiger partial charge in [-0.05, 0) is 62.9 Å². The molecule has 0 bridgehead atoms. The van der Waals surface area contributed by atoms with Gasteiger partial charge >= 0.3 is 6.03 Å². The van der Waals surface area contributed by atoms with Crippen molar-refractivity contribution in [2.24, 2.45) is 5.92 Å². The van der Waals surface area contributed by atoms with Crippen LogP contribution in [0.25, 0.3) is 5.65 Å². The highest BCUT2D eigenvalue weighted by atomic mass is 16.2. The molecule has 1 aromatic carbocycles. The molecule has 0 radical (unpaired) electrons. The van der Waals surface area contributed by atoms with Gasteiger partial charge in [-0.3, -0.25) is 4.90 Å². The van der Waals surface area contributed by atoms with Crippen LogP contribution in [0, 0.1) is 19.8 Å². The van der Waals surface area contributed by atoms with E-state index in [1.807, 2.05) is 37.4 Å². The Kier molecular flexibility index (Phi) is 5.81. The number of urea groups is 1. The predicted molar refractivity (Wildman–Crippen MR) is 116 cm³/mol. The van der Waals surface area contributed by atoms with Gasteiger partial charge in [-0.25, -0.2) is 9.78 Å². The van der Waals surface area contributed by atoms with E-state index < -0.39 is 0 Å². The number of hydrogen-bond acceptors (Lipinski definition) is 3. The van der Waals surface area contributed by atoms with Crippen molar-refractivity contribution >= 4 is 17.4 Å². The van der Waals surface area contributed by atoms with Crippen LogP contribution >= 0.6 is 0 Å². The van der Waals surface area contributed by atoms with Gasteiger partial charge in [0.1, 0.15) is 5.65 Å². The van der Waals surface area contributed by atoms with Gasteiger partial charge < -0.3 is 15.0 Å². The lowest BCUT2D eigenvalue weighted by atomic mass is 9.98. The molecular weight excluding hydrogens is 362 g/mol. The van der Waals surface area contributed by atoms with Crippen LogP contribution < -0.4 is 10.6 Å². The Hall–Kier alpha value is -2.86. The molecule has 0 saturated carbocycles. The van der Waals surface area contributed by atoms with E-state index in [0.717, 1.165) is 43.8 Å². The Morgan fingerprint density at radius 1 is 1.14 bits per heavy atom. The number of aryl methyl sites for hydroxylation is 2. The maximum atomic E-state index is 12.2. The molecule has 0 aliphatic carbocycles. The Balaban J connectivity index is 1.29. The molecule has 1 atom stereocenters. The number of pyridine rings is 1. The van der Waals surface area contributed by atoms with Crippen molar-refractivity contribution in [3.05, 3.63) is 65.6 Å². The van der Waals surface area contributed by atoms with Crippen LogP contribution in [0.15, 0.2) is 48.8 Å². The monoisotopic (exact) mass is 391 g/mol. The largest absolute Gasteiger partial charge is 0.338 e. The van der Waals surface area contributed by atoms with Gasteiger partial charge in [-0.2, -0.15) is 0 Å². The minimum Gasteiger partial charge on any atom is -0.338 e. The Morgan fingerprint density at radius 3 is 2.76 bits per heavy atom. The number of aromatic nitrogens is 2. The van der Waals surface area contributed by atoms with Crippen LogP contribution in [-0.4, -0.2) is 39.9 Å². The first kappa shape index (κ1) is 19.5. The van der Waals surface area contributed by atoms with Crippen molar-refractivity contribution in [3.63, 3.8) is 0 Å². The van der Waals surface area contributed by atoms with Gasteiger partial charge in [0.25, 0.3) is 0 Å². The van der Waals surface area contributed by atoms with E-state index >= 15 is 0 Å². The molecule has 1 aliphatic rings. The van der Waals surface area contributed by atoms with E-state index in [-0.39, 0.29) is 6.03 Å². The first-order valence-electron chi connectivity index (χ1n) is 10.3. The van der Waals surface area contributed by atoms with E-state index in [1.54, 1.807) is 0 Å². The average Bonchev–Trinajstić information content (AvgIpc) is 3.10. The van der Waals surface area contributed by atoms with Crippen LogP contribution in [0.4, 0.5) is 10.5 Å². The number of imidazole rings is 1. The number of nitrogens with zero attached hydrogens (tertiary/aromatic N) is 3. The molecule has 4 rings (SSSR count). The highest BCUT2D eigenvalue weighted by molar-refractivity contribution is 5.89. The molecule has 152 valence electrons. The summed E-state index contributed by atoms with van der Waals surface area (Å²) >= 11 is 0. The number of likely N-dealkylation sites (tertiary alicyclic amines) is 1. The van der Waals surface area contributed by atoms with Crippen molar-refractivity contribution < 1.29 is 4.79 Å². The number of nitrogens with one attached hydrogen (secondary N) is 2. The molecule has 2 aromatic heterocycles. The number of piperidine rings is 1. The third-order valence-electron chi connectivity index (χ3n) is 5.58. The quantitative estimate of drug-likeness (QED) is 0.691. The first-order valence-corrected chi connectivity index (χ1v) is 10.3. The van der Waals surface area contributed by atoms with Crippen LogP contribution in [0.1, 0.15) is 29.7 Å². The zero-order valence-corrected chi connectivity index (χ0v) is 17.2. The standard InChI is InChI=1S/C23H29N5O/c1-17-5-8-20(9-6-17)26-23(29)25-12-19-4-3-11-27(15-19)16-21-13-24-22-10-7-18(2)14-28(21)22/h5-10,13-14,19H,3-4,11-12,15-16H2,1-2H3,(H2,25,26,29). The van der Waals surface area contributed by atoms with Crippen molar-refractivity contribution in [3.8, 4) is 0 Å². The highest BCUT2D eigenvalue weighted by Crippen LogP contribution is 2.19. The van der Waals surface area contributed by atoms with Gasteiger partial charge in [0, 0.05) is 31.5 Å². The molecule has 6 heteroatoms. The number of amides is 2. The molecule has 1 unspecified atom stereocenters. The molecule has 29 heavy (non-hydrogen) atoms. The maximum absolute atomic E-state index is 12.2. The molecule has 1 saturated heterocycles. The number of rotatable bonds is 5. The molecule has 2 amide bonds. The van der Waals surface area contributed by atoms with Gasteiger partial charge in [-0.1, -0.05) is 23.8 Å². The van der Waals surface area contributed by atoms with E-state index in [9.17, 15) is 4.79 Å². The molecule has 1 aliphatic heterocycles. The average molecular weight is 392 g/mol. The summed E-state index contributed by atoms with van der Waals surface area (Å²) in [5.41, 5.74) is 5.45. The number of benzene rings is 1. The van der Waals surface area contributed by atoms with Crippen molar-refractivity contribution in [2.45, 2.75) is 33.2 Å². The minimum atomic E-state index is -0.136. The van der Waals surface area contributed by atoms with Gasteiger partial charge in [0.15, 0.2) is 0 Å². The number of fused-ring (bicyclic) bond motifs is 1. The number of anilines is 1. The summed E-state index contributed by atoms with van der Waals surface area (Å²) in [5.74, 6) is 0.466. The lowest BCUT2D eigenvalue weighted by molar-refractivity contribution is 0.164. The second-order valence-electron chi connectivity index (χ2n) is 8.13. The van der Waals surface area contributed by atoms with Crippen LogP contribution in [0.3, 0.4) is 0 Å². The SMILES string of the molecule is Cc1ccc(NC(=O)NCC2CCCN(Cc3cnc4ccc(C)cn34)C2)cc1. The zero-order valence-electron chi connectivity index (χ0n) is 17.2. The van der Waals surface area contributed by atoms with Gasteiger partial charge in [0.05, 0.1) is 11.9 Å². The fourth-order valence-electron chi connectivity index (χ4n) is 3.99. The van der Waals surface area contributed by atoms with E-state index in [2.05, 4.69) is 50.2 Å². The van der Waals surface area contributed by atoms with E-state index in [1.165, 1.54) is 16.8 Å². The first-order chi connectivity index (χ1) is 14.1. The molecule has 2 N–H and O–H groups in total. The lowest BCUT2D eigenvalue weighted by Gasteiger charge is -2.32. The van der Waals surface area contributed by atoms with E-state index in [0.29, 0.717) is 12.5 Å². The molecule has 3 aromatic rings. The molecule has 3 heterocycles. The normalized spacial score (nSPS) is 17.4. The second-order valence-corrected chi connectivity index (χ2v) is 8.13. The van der Waals surface area contributed by atoms with Gasteiger partial charge in [-0.15, -0.1) is 0 Å². The Labute approximate surface area is 171 Å². The maximum Gasteiger partial charge on any atom is 0.319 e. The molecular formula is C23H29N5O. The predicted octanol–water partition coefficient (Wildman–Crippen LogP) is 3.98. The molecule has 6 nitrogen and oxygen atoms in total. The van der Waals surface area contributed by atoms with Crippen LogP contribution in [0.2, 0.25) is 0 Å². The highest BCUT2D eigenvalue weighted by Gasteiger charge is 2.21. The summed E-state index contributed by atoms with van der Waals surface area (Å²) in [7, 11) is 0. The summed E-state index contributed by atoms with van der Waals surface area (Å²) < 4.78 is 2.19. The Morgan fingerprint density at radius 2 is 1.93 bits per heavy atom. The van der Waals surface area contributed by atoms with Crippen LogP contribution in [0.5, 0.6) is 0 Å². The number of hydrogen-bond donors (Lipinski definition) is 2. The molecule has 1 fully saturated rings. The number of carbonyl (C=O) groups excluding carboxylic acids is 1.